The second-order valence-electron chi connectivity index (χ2n) is 7.09. The number of aromatic nitrogens is 2. The molecule has 1 unspecified atom stereocenters. The first-order valence-corrected chi connectivity index (χ1v) is 11.3. The molecule has 2 aromatic rings. The van der Waals surface area contributed by atoms with Crippen LogP contribution >= 0.6 is 0 Å². The number of amidine groups is 1. The van der Waals surface area contributed by atoms with E-state index in [9.17, 15) is 8.42 Å². The first kappa shape index (κ1) is 19.4. The summed E-state index contributed by atoms with van der Waals surface area (Å²) in [5.41, 5.74) is 2.81. The van der Waals surface area contributed by atoms with Gasteiger partial charge < -0.3 is 4.90 Å². The fourth-order valence-corrected chi connectivity index (χ4v) is 4.34. The third-order valence-corrected chi connectivity index (χ3v) is 6.77. The number of aliphatic imine (C=N–C) groups is 1. The lowest BCUT2D eigenvalue weighted by molar-refractivity contribution is -0.698. The van der Waals surface area contributed by atoms with Gasteiger partial charge in [-0.05, 0) is 31.5 Å². The molecule has 0 spiro atoms. The summed E-state index contributed by atoms with van der Waals surface area (Å²) in [4.78, 5) is 8.04. The van der Waals surface area contributed by atoms with Crippen molar-refractivity contribution in [2.24, 2.45) is 4.99 Å². The summed E-state index contributed by atoms with van der Waals surface area (Å²) in [6.45, 7) is 6.27. The summed E-state index contributed by atoms with van der Waals surface area (Å²) >= 11 is 0. The summed E-state index contributed by atoms with van der Waals surface area (Å²) < 4.78 is 24.6. The lowest BCUT2D eigenvalue weighted by Gasteiger charge is -2.29. The number of nitrogens with one attached hydrogen (secondary N) is 3. The molecule has 2 aliphatic heterocycles. The van der Waals surface area contributed by atoms with E-state index in [1.165, 1.54) is 0 Å². The highest BCUT2D eigenvalue weighted by atomic mass is 32.2. The molecule has 152 valence electrons. The summed E-state index contributed by atoms with van der Waals surface area (Å²) in [7, 11) is -3.27. The van der Waals surface area contributed by atoms with Gasteiger partial charge in [0.1, 0.15) is 12.7 Å². The van der Waals surface area contributed by atoms with Gasteiger partial charge in [-0.1, -0.05) is 19.9 Å². The van der Waals surface area contributed by atoms with Crippen molar-refractivity contribution in [3.8, 4) is 0 Å². The van der Waals surface area contributed by atoms with Crippen molar-refractivity contribution in [1.29, 1.82) is 0 Å². The van der Waals surface area contributed by atoms with Gasteiger partial charge in [-0.15, -0.1) is 0 Å². The Morgan fingerprint density at radius 1 is 1.28 bits per heavy atom. The Bertz CT molecular complexity index is 1130. The molecule has 0 aliphatic carbocycles. The predicted octanol–water partition coefficient (Wildman–Crippen LogP) is 1.65. The molecule has 0 fully saturated rings. The second-order valence-corrected chi connectivity index (χ2v) is 9.36. The normalized spacial score (nSPS) is 18.8. The lowest BCUT2D eigenvalue weighted by Crippen LogP contribution is -3.10. The Morgan fingerprint density at radius 2 is 2.10 bits per heavy atom. The number of hydrogen-bond acceptors (Lipinski definition) is 6. The zero-order chi connectivity index (χ0) is 20.6. The fourth-order valence-electron chi connectivity index (χ4n) is 3.42. The van der Waals surface area contributed by atoms with Gasteiger partial charge in [0.15, 0.2) is 15.7 Å². The van der Waals surface area contributed by atoms with Gasteiger partial charge >= 0.3 is 0 Å². The van der Waals surface area contributed by atoms with E-state index >= 15 is 0 Å². The van der Waals surface area contributed by atoms with Crippen LogP contribution in [0.5, 0.6) is 0 Å². The van der Waals surface area contributed by atoms with Crippen molar-refractivity contribution in [1.82, 2.24) is 10.2 Å². The number of aromatic amines is 1. The Morgan fingerprint density at radius 3 is 2.83 bits per heavy atom. The number of H-pyrrole nitrogens is 1. The average Bonchev–Trinajstić information content (AvgIpc) is 3.33. The molecule has 0 saturated heterocycles. The molecule has 1 aromatic carbocycles. The van der Waals surface area contributed by atoms with Crippen molar-refractivity contribution < 1.29 is 13.3 Å². The maximum atomic E-state index is 12.3. The number of quaternary nitrogens is 1. The standard InChI is InChI=1S/C20H24N6O2S/c1-4-15-9-18(24-23-15)22-20-13-25(12-19-21-14(3)11-26(19)20)16-7-6-8-17(10-16)29(27,28)5-2/h6-11,13H,4-5,12H2,1-3H3,(H2,22,23,24)/p+1. The molecule has 0 saturated carbocycles. The van der Waals surface area contributed by atoms with Crippen molar-refractivity contribution in [3.63, 3.8) is 0 Å². The van der Waals surface area contributed by atoms with E-state index in [4.69, 9.17) is 0 Å². The van der Waals surface area contributed by atoms with E-state index in [-0.39, 0.29) is 5.75 Å². The van der Waals surface area contributed by atoms with Crippen LogP contribution in [0.25, 0.3) is 0 Å². The molecule has 0 radical (unpaired) electrons. The van der Waals surface area contributed by atoms with Crippen LogP contribution in [-0.2, 0) is 16.3 Å². The number of benzene rings is 1. The number of anilines is 2. The summed E-state index contributed by atoms with van der Waals surface area (Å²) in [5, 5.41) is 10.7. The Hall–Kier alpha value is -2.91. The molecule has 1 aromatic heterocycles. The topological polar surface area (TPSA) is 94.9 Å². The molecule has 4 rings (SSSR count). The highest BCUT2D eigenvalue weighted by Crippen LogP contribution is 2.23. The molecule has 29 heavy (non-hydrogen) atoms. The van der Waals surface area contributed by atoms with Crippen molar-refractivity contribution in [2.75, 3.05) is 22.5 Å². The van der Waals surface area contributed by atoms with Gasteiger partial charge in [-0.3, -0.25) is 10.4 Å². The highest BCUT2D eigenvalue weighted by Gasteiger charge is 2.33. The third-order valence-electron chi connectivity index (χ3n) is 5.03. The number of fused-ring (bicyclic) bond motifs is 1. The molecule has 8 nitrogen and oxygen atoms in total. The van der Waals surface area contributed by atoms with Gasteiger partial charge in [0.05, 0.1) is 22.5 Å². The van der Waals surface area contributed by atoms with E-state index in [2.05, 4.69) is 33.6 Å². The van der Waals surface area contributed by atoms with Crippen LogP contribution < -0.4 is 15.1 Å². The van der Waals surface area contributed by atoms with Crippen LogP contribution in [0.2, 0.25) is 0 Å². The molecule has 9 heteroatoms. The smallest absolute Gasteiger partial charge is 0.232 e. The van der Waals surface area contributed by atoms with Crippen LogP contribution in [0.15, 0.2) is 64.1 Å². The minimum Gasteiger partial charge on any atom is -0.329 e. The molecular formula is C20H25N6O2S+. The molecule has 2 aliphatic rings. The summed E-state index contributed by atoms with van der Waals surface area (Å²) in [6.07, 6.45) is 4.92. The number of allylic oxidation sites excluding steroid dienone is 1. The second kappa shape index (κ2) is 7.49. The van der Waals surface area contributed by atoms with E-state index in [1.54, 1.807) is 25.1 Å². The van der Waals surface area contributed by atoms with Gasteiger partial charge in [-0.25, -0.2) is 13.3 Å². The number of rotatable bonds is 6. The average molecular weight is 414 g/mol. The van der Waals surface area contributed by atoms with Gasteiger partial charge in [0, 0.05) is 17.4 Å². The third kappa shape index (κ3) is 3.83. The molecule has 0 bridgehead atoms. The van der Waals surface area contributed by atoms with Gasteiger partial charge in [0.25, 0.3) is 0 Å². The Balaban J connectivity index is 1.70. The van der Waals surface area contributed by atoms with Crippen LogP contribution in [0, 0.1) is 0 Å². The lowest BCUT2D eigenvalue weighted by atomic mass is 10.2. The van der Waals surface area contributed by atoms with Crippen LogP contribution in [0.1, 0.15) is 26.5 Å². The number of aryl methyl sites for hydroxylation is 1. The summed E-state index contributed by atoms with van der Waals surface area (Å²) in [6, 6.07) is 9.03. The van der Waals surface area contributed by atoms with Gasteiger partial charge in [-0.2, -0.15) is 10.1 Å². The van der Waals surface area contributed by atoms with Crippen molar-refractivity contribution in [2.45, 2.75) is 32.1 Å². The Kier molecular flexibility index (Phi) is 5.01. The van der Waals surface area contributed by atoms with E-state index in [0.717, 1.165) is 45.9 Å². The van der Waals surface area contributed by atoms with E-state index in [0.29, 0.717) is 11.4 Å². The largest absolute Gasteiger partial charge is 0.329 e. The first-order valence-electron chi connectivity index (χ1n) is 9.65. The molecule has 3 heterocycles. The van der Waals surface area contributed by atoms with Crippen molar-refractivity contribution >= 4 is 27.2 Å². The maximum Gasteiger partial charge on any atom is 0.232 e. The van der Waals surface area contributed by atoms with Crippen LogP contribution in [0.3, 0.4) is 0 Å². The molecule has 0 amide bonds. The zero-order valence-corrected chi connectivity index (χ0v) is 17.5. The highest BCUT2D eigenvalue weighted by molar-refractivity contribution is 7.91. The molecule has 3 N–H and O–H groups in total. The van der Waals surface area contributed by atoms with Crippen molar-refractivity contribution in [3.05, 3.63) is 59.9 Å². The number of hydrogen-bond donors (Lipinski definition) is 3. The van der Waals surface area contributed by atoms with E-state index in [1.807, 2.05) is 30.2 Å². The van der Waals surface area contributed by atoms with E-state index < -0.39 is 9.84 Å². The van der Waals surface area contributed by atoms with Crippen LogP contribution in [-0.4, -0.2) is 36.7 Å². The fraction of sp³-hybridized carbons (Fsp3) is 0.300. The number of nitrogens with zero attached hydrogens (tertiary/aromatic N) is 3. The summed E-state index contributed by atoms with van der Waals surface area (Å²) in [5.74, 6) is 2.64. The maximum absolute atomic E-state index is 12.3. The minimum absolute atomic E-state index is 0.0752. The first-order chi connectivity index (χ1) is 13.9. The van der Waals surface area contributed by atoms with Gasteiger partial charge in [0.2, 0.25) is 11.7 Å². The predicted molar refractivity (Wildman–Crippen MR) is 113 cm³/mol. The number of sulfone groups is 1. The quantitative estimate of drug-likeness (QED) is 0.670. The van der Waals surface area contributed by atoms with Crippen LogP contribution in [0.4, 0.5) is 11.5 Å². The molecule has 1 atom stereocenters. The SMILES string of the molecule is CCc1cc(NC2=CN(c3cccc(S(=O)(=O)CC)c3)CC3=NC(C)=C[NH+]23)n[nH]1. The minimum atomic E-state index is -3.27. The Labute approximate surface area is 170 Å². The monoisotopic (exact) mass is 413 g/mol. The molecular weight excluding hydrogens is 388 g/mol. The zero-order valence-electron chi connectivity index (χ0n) is 16.7.